The first-order chi connectivity index (χ1) is 10.5. The topological polar surface area (TPSA) is 40.6 Å². The van der Waals surface area contributed by atoms with Crippen molar-refractivity contribution < 1.29 is 18.4 Å². The summed E-state index contributed by atoms with van der Waals surface area (Å²) in [6.45, 7) is 5.33. The first kappa shape index (κ1) is 16.4. The molecule has 0 aromatic heterocycles. The second-order valence-corrected chi connectivity index (χ2v) is 5.33. The van der Waals surface area contributed by atoms with E-state index in [0.717, 1.165) is 18.2 Å². The summed E-state index contributed by atoms with van der Waals surface area (Å²) in [4.78, 5) is 28.1. The molecule has 1 aliphatic heterocycles. The van der Waals surface area contributed by atoms with Gasteiger partial charge in [-0.15, -0.1) is 0 Å². The number of halogens is 2. The smallest absolute Gasteiger partial charge is 0.254 e. The summed E-state index contributed by atoms with van der Waals surface area (Å²) in [6, 6.07) is 2.18. The molecule has 2 rings (SSSR count). The summed E-state index contributed by atoms with van der Waals surface area (Å²) in [5.41, 5.74) is -0.0586. The number of likely N-dealkylation sites (N-methyl/N-ethyl adjacent to an activating group) is 1. The van der Waals surface area contributed by atoms with Gasteiger partial charge in [0.05, 0.1) is 0 Å². The monoisotopic (exact) mass is 310 g/mol. The molecule has 0 unspecified atom stereocenters. The third-order valence-corrected chi connectivity index (χ3v) is 3.98. The molecule has 6 heteroatoms. The summed E-state index contributed by atoms with van der Waals surface area (Å²) in [6.07, 6.45) is 1.29. The third-order valence-electron chi connectivity index (χ3n) is 3.98. The highest BCUT2D eigenvalue weighted by Gasteiger charge is 2.36. The Bertz CT molecular complexity index is 553. The fraction of sp³-hybridized carbons (Fsp3) is 0.500. The summed E-state index contributed by atoms with van der Waals surface area (Å²) >= 11 is 0. The average Bonchev–Trinajstić information content (AvgIpc) is 2.95. The lowest BCUT2D eigenvalue weighted by Crippen LogP contribution is -2.47. The lowest BCUT2D eigenvalue weighted by Gasteiger charge is -2.29. The van der Waals surface area contributed by atoms with Crippen LogP contribution in [-0.4, -0.2) is 47.3 Å². The highest BCUT2D eigenvalue weighted by atomic mass is 19.1. The Morgan fingerprint density at radius 1 is 1.18 bits per heavy atom. The molecule has 0 N–H and O–H groups in total. The minimum atomic E-state index is -0.797. The molecule has 1 aromatic rings. The second kappa shape index (κ2) is 6.85. The van der Waals surface area contributed by atoms with Crippen molar-refractivity contribution in [3.05, 3.63) is 35.4 Å². The van der Waals surface area contributed by atoms with Crippen molar-refractivity contribution in [1.29, 1.82) is 0 Å². The number of likely N-dealkylation sites (tertiary alicyclic amines) is 1. The first-order valence-electron chi connectivity index (χ1n) is 7.53. The molecule has 0 aliphatic carbocycles. The number of rotatable bonds is 4. The van der Waals surface area contributed by atoms with Crippen LogP contribution in [0.5, 0.6) is 0 Å². The summed E-state index contributed by atoms with van der Waals surface area (Å²) in [7, 11) is 0. The van der Waals surface area contributed by atoms with Gasteiger partial charge in [-0.25, -0.2) is 8.78 Å². The maximum absolute atomic E-state index is 13.3. The Kier molecular flexibility index (Phi) is 5.11. The maximum atomic E-state index is 13.3. The minimum Gasteiger partial charge on any atom is -0.341 e. The average molecular weight is 310 g/mol. The van der Waals surface area contributed by atoms with E-state index < -0.39 is 23.6 Å². The molecule has 0 spiro atoms. The number of benzene rings is 1. The fourth-order valence-corrected chi connectivity index (χ4v) is 2.86. The summed E-state index contributed by atoms with van der Waals surface area (Å²) < 4.78 is 26.6. The zero-order valence-electron chi connectivity index (χ0n) is 12.8. The van der Waals surface area contributed by atoms with Crippen LogP contribution in [-0.2, 0) is 4.79 Å². The van der Waals surface area contributed by atoms with Crippen LogP contribution in [0.2, 0.25) is 0 Å². The van der Waals surface area contributed by atoms with Crippen LogP contribution in [0.4, 0.5) is 8.78 Å². The number of amides is 2. The number of nitrogens with zero attached hydrogens (tertiary/aromatic N) is 2. The molecule has 0 saturated carbocycles. The van der Waals surface area contributed by atoms with Crippen LogP contribution >= 0.6 is 0 Å². The standard InChI is InChI=1S/C16H20F2N2O2/c1-3-19(4-2)16(22)14-6-5-7-20(14)15(21)11-8-12(17)10-13(18)9-11/h8-10,14H,3-7H2,1-2H3/t14-/m1/s1. The zero-order chi connectivity index (χ0) is 16.3. The Balaban J connectivity index is 2.22. The third kappa shape index (κ3) is 3.26. The normalized spacial score (nSPS) is 17.6. The lowest BCUT2D eigenvalue weighted by atomic mass is 10.1. The van der Waals surface area contributed by atoms with E-state index in [-0.39, 0.29) is 11.5 Å². The van der Waals surface area contributed by atoms with Crippen molar-refractivity contribution in [2.45, 2.75) is 32.7 Å². The molecule has 120 valence electrons. The predicted molar refractivity (Wildman–Crippen MR) is 78.3 cm³/mol. The molecule has 0 bridgehead atoms. The van der Waals surface area contributed by atoms with Crippen LogP contribution in [0.3, 0.4) is 0 Å². The molecular formula is C16H20F2N2O2. The first-order valence-corrected chi connectivity index (χ1v) is 7.53. The van der Waals surface area contributed by atoms with Gasteiger partial charge in [-0.05, 0) is 38.8 Å². The number of hydrogen-bond donors (Lipinski definition) is 0. The van der Waals surface area contributed by atoms with Gasteiger partial charge < -0.3 is 9.80 Å². The van der Waals surface area contributed by atoms with Crippen molar-refractivity contribution in [2.24, 2.45) is 0 Å². The van der Waals surface area contributed by atoms with Gasteiger partial charge in [0.15, 0.2) is 0 Å². The van der Waals surface area contributed by atoms with Gasteiger partial charge in [-0.2, -0.15) is 0 Å². The van der Waals surface area contributed by atoms with E-state index in [1.807, 2.05) is 13.8 Å². The molecule has 22 heavy (non-hydrogen) atoms. The van der Waals surface area contributed by atoms with Gasteiger partial charge >= 0.3 is 0 Å². The van der Waals surface area contributed by atoms with Crippen LogP contribution < -0.4 is 0 Å². The molecule has 1 atom stereocenters. The molecular weight excluding hydrogens is 290 g/mol. The van der Waals surface area contributed by atoms with Crippen LogP contribution in [0.15, 0.2) is 18.2 Å². The molecule has 0 radical (unpaired) electrons. The van der Waals surface area contributed by atoms with Gasteiger partial charge in [0.1, 0.15) is 17.7 Å². The van der Waals surface area contributed by atoms with E-state index >= 15 is 0 Å². The van der Waals surface area contributed by atoms with E-state index in [2.05, 4.69) is 0 Å². The molecule has 4 nitrogen and oxygen atoms in total. The molecule has 2 amide bonds. The second-order valence-electron chi connectivity index (χ2n) is 5.33. The highest BCUT2D eigenvalue weighted by Crippen LogP contribution is 2.22. The van der Waals surface area contributed by atoms with Gasteiger partial charge in [-0.3, -0.25) is 9.59 Å². The Hall–Kier alpha value is -1.98. The fourth-order valence-electron chi connectivity index (χ4n) is 2.86. The molecule has 1 saturated heterocycles. The van der Waals surface area contributed by atoms with E-state index in [0.29, 0.717) is 32.5 Å². The number of hydrogen-bond acceptors (Lipinski definition) is 2. The Morgan fingerprint density at radius 2 is 1.77 bits per heavy atom. The van der Waals surface area contributed by atoms with Crippen molar-refractivity contribution in [3.8, 4) is 0 Å². The Labute approximate surface area is 128 Å². The van der Waals surface area contributed by atoms with E-state index in [1.54, 1.807) is 4.90 Å². The predicted octanol–water partition coefficient (Wildman–Crippen LogP) is 2.44. The van der Waals surface area contributed by atoms with Crippen molar-refractivity contribution in [1.82, 2.24) is 9.80 Å². The molecule has 1 aromatic carbocycles. The van der Waals surface area contributed by atoms with Crippen molar-refractivity contribution >= 4 is 11.8 Å². The van der Waals surface area contributed by atoms with Crippen LogP contribution in [0, 0.1) is 11.6 Å². The van der Waals surface area contributed by atoms with E-state index in [9.17, 15) is 18.4 Å². The highest BCUT2D eigenvalue weighted by molar-refractivity contribution is 5.98. The number of carbonyl (C=O) groups is 2. The van der Waals surface area contributed by atoms with Crippen molar-refractivity contribution in [2.75, 3.05) is 19.6 Å². The van der Waals surface area contributed by atoms with E-state index in [1.165, 1.54) is 4.90 Å². The SMILES string of the molecule is CCN(CC)C(=O)[C@H]1CCCN1C(=O)c1cc(F)cc(F)c1. The maximum Gasteiger partial charge on any atom is 0.254 e. The number of carbonyl (C=O) groups excluding carboxylic acids is 2. The minimum absolute atomic E-state index is 0.0586. The summed E-state index contributed by atoms with van der Waals surface area (Å²) in [5.74, 6) is -2.20. The van der Waals surface area contributed by atoms with Crippen molar-refractivity contribution in [3.63, 3.8) is 0 Å². The largest absolute Gasteiger partial charge is 0.341 e. The summed E-state index contributed by atoms with van der Waals surface area (Å²) in [5, 5.41) is 0. The van der Waals surface area contributed by atoms with Gasteiger partial charge in [0, 0.05) is 31.3 Å². The molecule has 1 aliphatic rings. The van der Waals surface area contributed by atoms with Gasteiger partial charge in [0.25, 0.3) is 5.91 Å². The van der Waals surface area contributed by atoms with Crippen LogP contribution in [0.25, 0.3) is 0 Å². The van der Waals surface area contributed by atoms with Crippen LogP contribution in [0.1, 0.15) is 37.0 Å². The quantitative estimate of drug-likeness (QED) is 0.857. The van der Waals surface area contributed by atoms with Gasteiger partial charge in [0.2, 0.25) is 5.91 Å². The molecule has 1 fully saturated rings. The Morgan fingerprint density at radius 3 is 2.32 bits per heavy atom. The van der Waals surface area contributed by atoms with Gasteiger partial charge in [-0.1, -0.05) is 0 Å². The lowest BCUT2D eigenvalue weighted by molar-refractivity contribution is -0.134. The van der Waals surface area contributed by atoms with E-state index in [4.69, 9.17) is 0 Å². The molecule has 1 heterocycles. The zero-order valence-corrected chi connectivity index (χ0v) is 12.8.